The van der Waals surface area contributed by atoms with E-state index < -0.39 is 23.1 Å². The number of carbonyl (C=O) groups excluding carboxylic acids is 1. The summed E-state index contributed by atoms with van der Waals surface area (Å²) in [7, 11) is 0. The molecule has 4 aliphatic rings. The van der Waals surface area contributed by atoms with Crippen LogP contribution in [0.15, 0.2) is 30.1 Å². The van der Waals surface area contributed by atoms with Gasteiger partial charge in [-0.15, -0.1) is 0 Å². The number of aromatic nitrogens is 3. The Morgan fingerprint density at radius 2 is 2.06 bits per heavy atom. The molecule has 6 rings (SSSR count). The number of carbonyl (C=O) groups is 1. The molecule has 8 heteroatoms. The van der Waals surface area contributed by atoms with Gasteiger partial charge < -0.3 is 10.2 Å². The van der Waals surface area contributed by atoms with Crippen molar-refractivity contribution >= 4 is 23.0 Å². The van der Waals surface area contributed by atoms with Gasteiger partial charge in [-0.05, 0) is 91.7 Å². The van der Waals surface area contributed by atoms with Crippen LogP contribution in [0.5, 0.6) is 0 Å². The lowest BCUT2D eigenvalue weighted by molar-refractivity contribution is -0.173. The molecule has 0 aliphatic heterocycles. The number of halogens is 1. The zero-order chi connectivity index (χ0) is 24.8. The summed E-state index contributed by atoms with van der Waals surface area (Å²) in [6.45, 7) is 4.31. The molecule has 4 aliphatic carbocycles. The number of thioether (sulfide) groups is 1. The van der Waals surface area contributed by atoms with E-state index in [1.807, 2.05) is 17.8 Å². The minimum atomic E-state index is -1.37. The minimum absolute atomic E-state index is 0.0660. The summed E-state index contributed by atoms with van der Waals surface area (Å²) in [5.74, 6) is 0.0175. The van der Waals surface area contributed by atoms with Crippen LogP contribution in [0, 0.1) is 34.5 Å². The second-order valence-corrected chi connectivity index (χ2v) is 12.3. The SMILES string of the molecule is CSC(=O)[C@@]1(O)CC[C@H]2[C@@H]3CCC4=Cc5c(cnn5-c5ccc(F)nc5)C[C@]4(C)[C@H]3[C@@H](O)C[C@@]21C. The Morgan fingerprint density at radius 3 is 2.77 bits per heavy atom. The first-order valence-electron chi connectivity index (χ1n) is 12.5. The van der Waals surface area contributed by atoms with Crippen molar-refractivity contribution in [2.45, 2.75) is 64.1 Å². The molecular formula is C27H32FN3O3S. The van der Waals surface area contributed by atoms with E-state index in [2.05, 4.69) is 23.1 Å². The van der Waals surface area contributed by atoms with Crippen LogP contribution in [-0.4, -0.2) is 48.1 Å². The molecule has 35 heavy (non-hydrogen) atoms. The van der Waals surface area contributed by atoms with Gasteiger partial charge in [0.05, 0.1) is 29.9 Å². The predicted octanol–water partition coefficient (Wildman–Crippen LogP) is 4.18. The molecule has 0 spiro atoms. The zero-order valence-corrected chi connectivity index (χ0v) is 21.2. The highest BCUT2D eigenvalue weighted by atomic mass is 32.2. The van der Waals surface area contributed by atoms with E-state index in [1.165, 1.54) is 17.8 Å². The summed E-state index contributed by atoms with van der Waals surface area (Å²) < 4.78 is 15.2. The van der Waals surface area contributed by atoms with Gasteiger partial charge in [-0.25, -0.2) is 9.67 Å². The average Bonchev–Trinajstić information content (AvgIpc) is 3.35. The molecule has 6 nitrogen and oxygen atoms in total. The summed E-state index contributed by atoms with van der Waals surface area (Å²) in [6, 6.07) is 3.02. The highest BCUT2D eigenvalue weighted by Gasteiger charge is 2.68. The van der Waals surface area contributed by atoms with E-state index in [4.69, 9.17) is 0 Å². The van der Waals surface area contributed by atoms with Gasteiger partial charge in [0, 0.05) is 5.41 Å². The second kappa shape index (κ2) is 7.73. The number of pyridine rings is 1. The number of hydrogen-bond acceptors (Lipinski definition) is 6. The maximum absolute atomic E-state index is 13.4. The van der Waals surface area contributed by atoms with E-state index >= 15 is 0 Å². The third-order valence-electron chi connectivity index (χ3n) is 10.1. The molecule has 186 valence electrons. The van der Waals surface area contributed by atoms with Crippen LogP contribution in [0.25, 0.3) is 11.8 Å². The first-order valence-corrected chi connectivity index (χ1v) is 13.7. The summed E-state index contributed by atoms with van der Waals surface area (Å²) in [5.41, 5.74) is 1.96. The van der Waals surface area contributed by atoms with Crippen molar-refractivity contribution in [3.8, 4) is 5.69 Å². The highest BCUT2D eigenvalue weighted by Crippen LogP contribution is 2.68. The lowest BCUT2D eigenvalue weighted by atomic mass is 9.45. The molecule has 0 unspecified atom stereocenters. The summed E-state index contributed by atoms with van der Waals surface area (Å²) in [6.07, 6.45) is 11.1. The molecule has 7 atom stereocenters. The summed E-state index contributed by atoms with van der Waals surface area (Å²) in [5, 5.41) is 27.6. The molecule has 0 amide bonds. The largest absolute Gasteiger partial charge is 0.393 e. The van der Waals surface area contributed by atoms with Gasteiger partial charge in [0.15, 0.2) is 0 Å². The van der Waals surface area contributed by atoms with E-state index in [9.17, 15) is 19.4 Å². The van der Waals surface area contributed by atoms with Crippen LogP contribution in [0.4, 0.5) is 4.39 Å². The second-order valence-electron chi connectivity index (χ2n) is 11.5. The third-order valence-corrected chi connectivity index (χ3v) is 10.8. The van der Waals surface area contributed by atoms with Crippen LogP contribution in [0.3, 0.4) is 0 Å². The highest BCUT2D eigenvalue weighted by molar-refractivity contribution is 8.13. The third kappa shape index (κ3) is 3.05. The van der Waals surface area contributed by atoms with Crippen LogP contribution >= 0.6 is 11.8 Å². The van der Waals surface area contributed by atoms with Gasteiger partial charge >= 0.3 is 0 Å². The summed E-state index contributed by atoms with van der Waals surface area (Å²) in [4.78, 5) is 16.6. The van der Waals surface area contributed by atoms with Crippen LogP contribution in [0.1, 0.15) is 57.2 Å². The topological polar surface area (TPSA) is 88.2 Å². The van der Waals surface area contributed by atoms with Gasteiger partial charge in [0.25, 0.3) is 0 Å². The smallest absolute Gasteiger partial charge is 0.220 e. The number of hydrogen-bond donors (Lipinski definition) is 2. The minimum Gasteiger partial charge on any atom is -0.393 e. The van der Waals surface area contributed by atoms with E-state index in [1.54, 1.807) is 12.3 Å². The number of fused-ring (bicyclic) bond motifs is 6. The van der Waals surface area contributed by atoms with Crippen molar-refractivity contribution in [1.82, 2.24) is 14.8 Å². The molecule has 3 saturated carbocycles. The zero-order valence-electron chi connectivity index (χ0n) is 20.4. The quantitative estimate of drug-likeness (QED) is 0.606. The molecule has 3 fully saturated rings. The van der Waals surface area contributed by atoms with E-state index in [0.717, 1.165) is 54.4 Å². The van der Waals surface area contributed by atoms with Gasteiger partial charge in [-0.1, -0.05) is 31.2 Å². The van der Waals surface area contributed by atoms with Crippen LogP contribution < -0.4 is 0 Å². The van der Waals surface area contributed by atoms with E-state index in [0.29, 0.717) is 12.8 Å². The lowest BCUT2D eigenvalue weighted by Gasteiger charge is -2.60. The standard InChI is InChI=1S/C27H32FN3O3S/c1-25-11-15-13-30-31(17-5-7-22(28)29-14-17)20(15)10-16(25)4-6-18-19-8-9-27(34,24(33)35-3)26(19,2)12-21(32)23(18)25/h5,7,10,13-14,18-19,21,23,32,34H,4,6,8-9,11-12H2,1-3H3/t18-,19-,21-,23+,25-,26-,27-/m0/s1. The molecular weight excluding hydrogens is 465 g/mol. The first kappa shape index (κ1) is 23.4. The van der Waals surface area contributed by atoms with Crippen molar-refractivity contribution in [2.24, 2.45) is 28.6 Å². The molecule has 2 N–H and O–H groups in total. The molecule has 2 heterocycles. The lowest BCUT2D eigenvalue weighted by Crippen LogP contribution is -2.61. The van der Waals surface area contributed by atoms with Crippen molar-refractivity contribution < 1.29 is 19.4 Å². The first-order chi connectivity index (χ1) is 16.6. The Hall–Kier alpha value is -2.03. The Kier molecular flexibility index (Phi) is 5.16. The number of allylic oxidation sites excluding steroid dienone is 1. The van der Waals surface area contributed by atoms with Gasteiger partial charge in [0.2, 0.25) is 11.1 Å². The normalized spacial score (nSPS) is 39.8. The van der Waals surface area contributed by atoms with Crippen molar-refractivity contribution in [3.63, 3.8) is 0 Å². The Labute approximate surface area is 209 Å². The Morgan fingerprint density at radius 1 is 1.26 bits per heavy atom. The number of rotatable bonds is 2. The predicted molar refractivity (Wildman–Crippen MR) is 132 cm³/mol. The van der Waals surface area contributed by atoms with Gasteiger partial charge in [-0.3, -0.25) is 4.79 Å². The van der Waals surface area contributed by atoms with Crippen molar-refractivity contribution in [1.29, 1.82) is 0 Å². The number of nitrogens with zero attached hydrogens (tertiary/aromatic N) is 3. The number of aliphatic hydroxyl groups is 2. The number of aliphatic hydroxyl groups excluding tert-OH is 1. The molecule has 0 bridgehead atoms. The monoisotopic (exact) mass is 497 g/mol. The fraction of sp³-hybridized carbons (Fsp3) is 0.593. The maximum Gasteiger partial charge on any atom is 0.220 e. The average molecular weight is 498 g/mol. The molecule has 2 aromatic heterocycles. The van der Waals surface area contributed by atoms with Crippen LogP contribution in [-0.2, 0) is 11.2 Å². The molecule has 0 saturated heterocycles. The Balaban J connectivity index is 1.37. The van der Waals surface area contributed by atoms with Crippen molar-refractivity contribution in [3.05, 3.63) is 47.3 Å². The van der Waals surface area contributed by atoms with Gasteiger partial charge in [-0.2, -0.15) is 9.49 Å². The van der Waals surface area contributed by atoms with Crippen molar-refractivity contribution in [2.75, 3.05) is 6.26 Å². The Bertz CT molecular complexity index is 1230. The fourth-order valence-electron chi connectivity index (χ4n) is 8.39. The molecule has 0 radical (unpaired) electrons. The van der Waals surface area contributed by atoms with Crippen LogP contribution in [0.2, 0.25) is 0 Å². The van der Waals surface area contributed by atoms with E-state index in [-0.39, 0.29) is 28.3 Å². The fourth-order valence-corrected chi connectivity index (χ4v) is 9.07. The summed E-state index contributed by atoms with van der Waals surface area (Å²) >= 11 is 1.10. The molecule has 2 aromatic rings. The molecule has 0 aromatic carbocycles. The maximum atomic E-state index is 13.4. The van der Waals surface area contributed by atoms with Gasteiger partial charge in [0.1, 0.15) is 5.60 Å².